The van der Waals surface area contributed by atoms with Crippen molar-refractivity contribution in [3.63, 3.8) is 0 Å². The van der Waals surface area contributed by atoms with Crippen LogP contribution >= 0.6 is 0 Å². The fraction of sp³-hybridized carbons (Fsp3) is 0.526. The van der Waals surface area contributed by atoms with Crippen LogP contribution in [0.1, 0.15) is 54.7 Å². The number of fused-ring (bicyclic) bond motifs is 3. The molecule has 0 aliphatic carbocycles. The second kappa shape index (κ2) is 6.50. The number of carbonyl (C=O) groups excluding carboxylic acids is 2. The van der Waals surface area contributed by atoms with Gasteiger partial charge in [0, 0.05) is 18.3 Å². The van der Waals surface area contributed by atoms with Crippen LogP contribution in [-0.4, -0.2) is 35.4 Å². The van der Waals surface area contributed by atoms with Gasteiger partial charge < -0.3 is 15.5 Å². The summed E-state index contributed by atoms with van der Waals surface area (Å²) >= 11 is 0. The van der Waals surface area contributed by atoms with Gasteiger partial charge in [0.05, 0.1) is 11.4 Å². The summed E-state index contributed by atoms with van der Waals surface area (Å²) in [6, 6.07) is 3.92. The van der Waals surface area contributed by atoms with Crippen LogP contribution in [0.5, 0.6) is 0 Å². The number of aryl methyl sites for hydroxylation is 1. The van der Waals surface area contributed by atoms with Gasteiger partial charge in [-0.15, -0.1) is 0 Å². The lowest BCUT2D eigenvalue weighted by atomic mass is 9.92. The van der Waals surface area contributed by atoms with Crippen LogP contribution in [0.3, 0.4) is 0 Å². The van der Waals surface area contributed by atoms with Crippen LogP contribution in [0.4, 0.5) is 5.69 Å². The molecule has 3 aliphatic rings. The average Bonchev–Trinajstić information content (AvgIpc) is 2.63. The molecule has 0 aromatic carbocycles. The van der Waals surface area contributed by atoms with Gasteiger partial charge in [-0.2, -0.15) is 0 Å². The number of pyridine rings is 1. The molecule has 6 heteroatoms. The molecular formula is C19H24N4O2. The van der Waals surface area contributed by atoms with E-state index in [9.17, 15) is 9.59 Å². The number of amides is 2. The van der Waals surface area contributed by atoms with E-state index in [1.165, 1.54) is 24.9 Å². The number of nitrogens with one attached hydrogen (secondary N) is 2. The number of rotatable bonds is 2. The van der Waals surface area contributed by atoms with Gasteiger partial charge in [0.15, 0.2) is 0 Å². The minimum atomic E-state index is -0.512. The van der Waals surface area contributed by atoms with E-state index < -0.39 is 6.04 Å². The number of piperidine rings is 2. The summed E-state index contributed by atoms with van der Waals surface area (Å²) in [6.07, 6.45) is 7.07. The largest absolute Gasteiger partial charge is 0.367 e. The van der Waals surface area contributed by atoms with Gasteiger partial charge in [0.2, 0.25) is 5.91 Å². The number of hydrogen-bond donors (Lipinski definition) is 2. The van der Waals surface area contributed by atoms with Crippen molar-refractivity contribution in [2.75, 3.05) is 11.4 Å². The van der Waals surface area contributed by atoms with Gasteiger partial charge in [-0.3, -0.25) is 9.59 Å². The van der Waals surface area contributed by atoms with Crippen molar-refractivity contribution >= 4 is 17.5 Å². The SMILES string of the molecule is C=C1CC[C@H](NC(=O)c2ccc3c(n2)CC[C@H]2CCCCN32)C(=O)N1. The van der Waals surface area contributed by atoms with E-state index in [2.05, 4.69) is 27.1 Å². The van der Waals surface area contributed by atoms with Gasteiger partial charge in [-0.1, -0.05) is 6.58 Å². The third-order valence-corrected chi connectivity index (χ3v) is 5.49. The highest BCUT2D eigenvalue weighted by Crippen LogP contribution is 2.34. The number of carbonyl (C=O) groups is 2. The molecule has 2 N–H and O–H groups in total. The third kappa shape index (κ3) is 3.13. The maximum Gasteiger partial charge on any atom is 0.270 e. The fourth-order valence-electron chi connectivity index (χ4n) is 4.13. The second-order valence-electron chi connectivity index (χ2n) is 7.20. The Kier molecular flexibility index (Phi) is 4.19. The molecule has 6 nitrogen and oxygen atoms in total. The van der Waals surface area contributed by atoms with Gasteiger partial charge in [-0.25, -0.2) is 4.98 Å². The topological polar surface area (TPSA) is 74.3 Å². The molecular weight excluding hydrogens is 316 g/mol. The number of aromatic nitrogens is 1. The zero-order chi connectivity index (χ0) is 17.4. The molecule has 132 valence electrons. The summed E-state index contributed by atoms with van der Waals surface area (Å²) in [4.78, 5) is 31.5. The molecule has 2 atom stereocenters. The Morgan fingerprint density at radius 3 is 2.96 bits per heavy atom. The Morgan fingerprint density at radius 2 is 2.12 bits per heavy atom. The third-order valence-electron chi connectivity index (χ3n) is 5.49. The molecule has 4 rings (SSSR count). The molecule has 0 bridgehead atoms. The number of anilines is 1. The Labute approximate surface area is 147 Å². The quantitative estimate of drug-likeness (QED) is 0.862. The molecule has 25 heavy (non-hydrogen) atoms. The van der Waals surface area contributed by atoms with Crippen molar-refractivity contribution in [2.45, 2.75) is 57.0 Å². The lowest BCUT2D eigenvalue weighted by Crippen LogP contribution is -2.49. The van der Waals surface area contributed by atoms with Crippen LogP contribution in [0.25, 0.3) is 0 Å². The lowest BCUT2D eigenvalue weighted by molar-refractivity contribution is -0.123. The summed E-state index contributed by atoms with van der Waals surface area (Å²) in [5, 5.41) is 5.49. The Hall–Kier alpha value is -2.37. The predicted octanol–water partition coefficient (Wildman–Crippen LogP) is 1.91. The summed E-state index contributed by atoms with van der Waals surface area (Å²) in [7, 11) is 0. The van der Waals surface area contributed by atoms with E-state index >= 15 is 0 Å². The maximum atomic E-state index is 12.5. The number of hydrogen-bond acceptors (Lipinski definition) is 4. The molecule has 0 saturated carbocycles. The number of nitrogens with zero attached hydrogens (tertiary/aromatic N) is 2. The molecule has 2 fully saturated rings. The first-order valence-electron chi connectivity index (χ1n) is 9.18. The monoisotopic (exact) mass is 340 g/mol. The van der Waals surface area contributed by atoms with Gasteiger partial charge in [0.1, 0.15) is 11.7 Å². The molecule has 0 spiro atoms. The van der Waals surface area contributed by atoms with Gasteiger partial charge in [0.25, 0.3) is 5.91 Å². The summed E-state index contributed by atoms with van der Waals surface area (Å²) in [5.74, 6) is -0.477. The van der Waals surface area contributed by atoms with E-state index in [0.29, 0.717) is 30.3 Å². The molecule has 3 aliphatic heterocycles. The summed E-state index contributed by atoms with van der Waals surface area (Å²) in [6.45, 7) is 4.84. The highest BCUT2D eigenvalue weighted by molar-refractivity contribution is 5.97. The van der Waals surface area contributed by atoms with Gasteiger partial charge in [-0.05, 0) is 57.1 Å². The maximum absolute atomic E-state index is 12.5. The van der Waals surface area contributed by atoms with Crippen LogP contribution in [0.2, 0.25) is 0 Å². The smallest absolute Gasteiger partial charge is 0.270 e. The Morgan fingerprint density at radius 1 is 1.24 bits per heavy atom. The first-order valence-corrected chi connectivity index (χ1v) is 9.18. The van der Waals surface area contributed by atoms with Crippen molar-refractivity contribution in [3.8, 4) is 0 Å². The van der Waals surface area contributed by atoms with E-state index in [1.807, 2.05) is 6.07 Å². The minimum Gasteiger partial charge on any atom is -0.367 e. The minimum absolute atomic E-state index is 0.196. The highest BCUT2D eigenvalue weighted by Gasteiger charge is 2.30. The van der Waals surface area contributed by atoms with Crippen LogP contribution < -0.4 is 15.5 Å². The van der Waals surface area contributed by atoms with E-state index in [0.717, 1.165) is 25.1 Å². The molecule has 4 heterocycles. The van der Waals surface area contributed by atoms with Gasteiger partial charge >= 0.3 is 0 Å². The van der Waals surface area contributed by atoms with Crippen molar-refractivity contribution in [2.24, 2.45) is 0 Å². The molecule has 2 saturated heterocycles. The fourth-order valence-corrected chi connectivity index (χ4v) is 4.13. The average molecular weight is 340 g/mol. The van der Waals surface area contributed by atoms with Crippen LogP contribution in [0, 0.1) is 0 Å². The molecule has 1 aromatic rings. The molecule has 2 amide bonds. The van der Waals surface area contributed by atoms with Crippen molar-refractivity contribution in [1.82, 2.24) is 15.6 Å². The standard InChI is InChI=1S/C19H24N4O2/c1-12-5-7-16(18(24)20-12)22-19(25)15-9-10-17-14(21-15)8-6-13-4-2-3-11-23(13)17/h9-10,13,16H,1-8,11H2,(H,20,24)(H,22,25)/t13-,16+/m1/s1. The van der Waals surface area contributed by atoms with Crippen LogP contribution in [0.15, 0.2) is 24.4 Å². The van der Waals surface area contributed by atoms with Crippen molar-refractivity contribution in [3.05, 3.63) is 35.8 Å². The Balaban J connectivity index is 1.49. The normalized spacial score (nSPS) is 25.7. The van der Waals surface area contributed by atoms with Crippen molar-refractivity contribution < 1.29 is 9.59 Å². The molecule has 0 unspecified atom stereocenters. The van der Waals surface area contributed by atoms with E-state index in [4.69, 9.17) is 0 Å². The lowest BCUT2D eigenvalue weighted by Gasteiger charge is -2.41. The van der Waals surface area contributed by atoms with E-state index in [-0.39, 0.29) is 11.8 Å². The van der Waals surface area contributed by atoms with E-state index in [1.54, 1.807) is 6.07 Å². The first kappa shape index (κ1) is 16.1. The summed E-state index contributed by atoms with van der Waals surface area (Å²) in [5.41, 5.74) is 3.29. The first-order chi connectivity index (χ1) is 12.1. The number of allylic oxidation sites excluding steroid dienone is 1. The highest BCUT2D eigenvalue weighted by atomic mass is 16.2. The molecule has 0 radical (unpaired) electrons. The molecule has 1 aromatic heterocycles. The van der Waals surface area contributed by atoms with Crippen molar-refractivity contribution in [1.29, 1.82) is 0 Å². The second-order valence-corrected chi connectivity index (χ2v) is 7.20. The van der Waals surface area contributed by atoms with Crippen LogP contribution in [-0.2, 0) is 11.2 Å². The predicted molar refractivity (Wildman–Crippen MR) is 95.3 cm³/mol. The summed E-state index contributed by atoms with van der Waals surface area (Å²) < 4.78 is 0. The zero-order valence-electron chi connectivity index (χ0n) is 14.4. The zero-order valence-corrected chi connectivity index (χ0v) is 14.4. The Bertz CT molecular complexity index is 730.